The third-order valence-corrected chi connectivity index (χ3v) is 13.0. The first-order valence-electron chi connectivity index (χ1n) is 31.0. The highest BCUT2D eigenvalue weighted by Crippen LogP contribution is 2.15. The van der Waals surface area contributed by atoms with Crippen LogP contribution in [0.3, 0.4) is 0 Å². The van der Waals surface area contributed by atoms with E-state index in [2.05, 4.69) is 142 Å². The van der Waals surface area contributed by atoms with Crippen molar-refractivity contribution in [3.63, 3.8) is 0 Å². The fourth-order valence-electron chi connectivity index (χ4n) is 8.31. The minimum absolute atomic E-state index is 0.0908. The van der Waals surface area contributed by atoms with E-state index in [0.717, 1.165) is 122 Å². The number of rotatable bonds is 55. The van der Waals surface area contributed by atoms with Crippen molar-refractivity contribution >= 4 is 17.9 Å². The second-order valence-corrected chi connectivity index (χ2v) is 20.2. The van der Waals surface area contributed by atoms with Gasteiger partial charge in [-0.2, -0.15) is 0 Å². The van der Waals surface area contributed by atoms with Gasteiger partial charge in [0.2, 0.25) is 0 Å². The third-order valence-electron chi connectivity index (χ3n) is 13.0. The number of allylic oxidation sites excluding steroid dienone is 20. The Kier molecular flexibility index (Phi) is 58.9. The highest BCUT2D eigenvalue weighted by molar-refractivity contribution is 5.71. The molecule has 6 heteroatoms. The van der Waals surface area contributed by atoms with Gasteiger partial charge in [0.1, 0.15) is 13.2 Å². The average Bonchev–Trinajstić information content (AvgIpc) is 3.41. The molecule has 1 unspecified atom stereocenters. The van der Waals surface area contributed by atoms with Crippen molar-refractivity contribution in [3.8, 4) is 0 Å². The zero-order valence-corrected chi connectivity index (χ0v) is 48.8. The molecule has 0 rings (SSSR count). The molecule has 0 saturated heterocycles. The van der Waals surface area contributed by atoms with Crippen LogP contribution in [0.25, 0.3) is 0 Å². The normalized spacial score (nSPS) is 12.9. The number of unbranched alkanes of at least 4 members (excludes halogenated alkanes) is 24. The van der Waals surface area contributed by atoms with Gasteiger partial charge in [-0.05, 0) is 116 Å². The lowest BCUT2D eigenvalue weighted by Gasteiger charge is -2.18. The number of esters is 3. The zero-order chi connectivity index (χ0) is 54.3. The van der Waals surface area contributed by atoms with Crippen LogP contribution in [0.5, 0.6) is 0 Å². The lowest BCUT2D eigenvalue weighted by molar-refractivity contribution is -0.167. The lowest BCUT2D eigenvalue weighted by Crippen LogP contribution is -2.30. The van der Waals surface area contributed by atoms with Crippen molar-refractivity contribution in [2.75, 3.05) is 13.2 Å². The van der Waals surface area contributed by atoms with Crippen LogP contribution in [0.4, 0.5) is 0 Å². The Bertz CT molecular complexity index is 1570. The van der Waals surface area contributed by atoms with E-state index in [9.17, 15) is 14.4 Å². The van der Waals surface area contributed by atoms with Crippen LogP contribution >= 0.6 is 0 Å². The summed E-state index contributed by atoms with van der Waals surface area (Å²) in [6.07, 6.45) is 86.4. The quantitative estimate of drug-likeness (QED) is 0.0261. The average molecular weight is 1040 g/mol. The molecule has 0 radical (unpaired) electrons. The standard InChI is InChI=1S/C69H114O6/c1-4-7-10-13-16-19-21-23-25-27-29-30-31-32-33-34-35-36-37-38-39-40-41-43-44-46-48-50-53-56-59-62-68(71)74-65-66(64-73-67(70)61-58-55-52-18-15-12-9-6-3)75-69(72)63-60-57-54-51-49-47-45-42-28-26-24-22-20-17-14-11-8-5-2/h7,10,16,19,23,25-26,28-30,32-33,35-36,38-39,41,43,46,48,66H,4-6,8-9,11-15,17-18,20-22,24,27,31,34,37,40,42,44-45,47,49-65H2,1-3H3/b10-7-,19-16-,25-23-,28-26-,30-29-,33-32-,36-35-,39-38-,43-41-,48-46-. The highest BCUT2D eigenvalue weighted by atomic mass is 16.6. The number of hydrogen-bond acceptors (Lipinski definition) is 6. The summed E-state index contributed by atoms with van der Waals surface area (Å²) in [6.45, 7) is 6.47. The molecule has 0 aromatic carbocycles. The molecule has 0 N–H and O–H groups in total. The summed E-state index contributed by atoms with van der Waals surface area (Å²) in [6, 6.07) is 0. The van der Waals surface area contributed by atoms with E-state index < -0.39 is 6.10 Å². The molecule has 0 heterocycles. The summed E-state index contributed by atoms with van der Waals surface area (Å²) in [4.78, 5) is 38.1. The van der Waals surface area contributed by atoms with E-state index in [-0.39, 0.29) is 31.1 Å². The molecule has 0 aliphatic heterocycles. The van der Waals surface area contributed by atoms with Crippen molar-refractivity contribution in [2.24, 2.45) is 0 Å². The molecular weight excluding hydrogens is 925 g/mol. The van der Waals surface area contributed by atoms with Crippen LogP contribution in [0, 0.1) is 0 Å². The molecule has 75 heavy (non-hydrogen) atoms. The smallest absolute Gasteiger partial charge is 0.306 e. The summed E-state index contributed by atoms with van der Waals surface area (Å²) in [7, 11) is 0. The molecule has 0 amide bonds. The maximum Gasteiger partial charge on any atom is 0.306 e. The third kappa shape index (κ3) is 60.6. The number of hydrogen-bond donors (Lipinski definition) is 0. The van der Waals surface area contributed by atoms with Crippen LogP contribution < -0.4 is 0 Å². The molecule has 0 aromatic heterocycles. The van der Waals surface area contributed by atoms with Crippen molar-refractivity contribution < 1.29 is 28.6 Å². The molecule has 0 bridgehead atoms. The molecule has 0 aromatic rings. The second-order valence-electron chi connectivity index (χ2n) is 20.2. The van der Waals surface area contributed by atoms with Crippen LogP contribution in [-0.4, -0.2) is 37.2 Å². The molecule has 1 atom stereocenters. The Morgan fingerprint density at radius 3 is 0.840 bits per heavy atom. The van der Waals surface area contributed by atoms with E-state index in [1.807, 2.05) is 0 Å². The highest BCUT2D eigenvalue weighted by Gasteiger charge is 2.19. The fourth-order valence-corrected chi connectivity index (χ4v) is 8.31. The largest absolute Gasteiger partial charge is 0.462 e. The first-order valence-corrected chi connectivity index (χ1v) is 31.0. The second kappa shape index (κ2) is 62.4. The van der Waals surface area contributed by atoms with Gasteiger partial charge in [0.15, 0.2) is 6.10 Å². The van der Waals surface area contributed by atoms with E-state index in [0.29, 0.717) is 19.3 Å². The van der Waals surface area contributed by atoms with Crippen LogP contribution in [0.1, 0.15) is 278 Å². The predicted octanol–water partition coefficient (Wildman–Crippen LogP) is 21.2. The van der Waals surface area contributed by atoms with Gasteiger partial charge >= 0.3 is 17.9 Å². The summed E-state index contributed by atoms with van der Waals surface area (Å²) < 4.78 is 16.8. The van der Waals surface area contributed by atoms with Crippen molar-refractivity contribution in [3.05, 3.63) is 122 Å². The van der Waals surface area contributed by atoms with Gasteiger partial charge < -0.3 is 14.2 Å². The van der Waals surface area contributed by atoms with Gasteiger partial charge in [-0.15, -0.1) is 0 Å². The Labute approximate surface area is 462 Å². The van der Waals surface area contributed by atoms with E-state index in [1.165, 1.54) is 116 Å². The van der Waals surface area contributed by atoms with Crippen molar-refractivity contribution in [1.82, 2.24) is 0 Å². The number of ether oxygens (including phenoxy) is 3. The topological polar surface area (TPSA) is 78.9 Å². The van der Waals surface area contributed by atoms with Gasteiger partial charge in [0.05, 0.1) is 0 Å². The molecule has 0 spiro atoms. The predicted molar refractivity (Wildman–Crippen MR) is 325 cm³/mol. The Balaban J connectivity index is 4.28. The monoisotopic (exact) mass is 1040 g/mol. The van der Waals surface area contributed by atoms with Gasteiger partial charge in [-0.1, -0.05) is 264 Å². The van der Waals surface area contributed by atoms with Crippen LogP contribution in [0.2, 0.25) is 0 Å². The van der Waals surface area contributed by atoms with E-state index in [1.54, 1.807) is 0 Å². The maximum absolute atomic E-state index is 12.8. The van der Waals surface area contributed by atoms with Crippen LogP contribution in [-0.2, 0) is 28.6 Å². The molecular formula is C69H114O6. The summed E-state index contributed by atoms with van der Waals surface area (Å²) in [5.41, 5.74) is 0. The minimum atomic E-state index is -0.794. The Morgan fingerprint density at radius 2 is 0.520 bits per heavy atom. The summed E-state index contributed by atoms with van der Waals surface area (Å²) in [5.74, 6) is -0.932. The minimum Gasteiger partial charge on any atom is -0.462 e. The molecule has 426 valence electrons. The number of carbonyl (C=O) groups is 3. The molecule has 0 saturated carbocycles. The van der Waals surface area contributed by atoms with Crippen molar-refractivity contribution in [2.45, 2.75) is 284 Å². The Morgan fingerprint density at radius 1 is 0.280 bits per heavy atom. The van der Waals surface area contributed by atoms with Gasteiger partial charge in [0.25, 0.3) is 0 Å². The van der Waals surface area contributed by atoms with Crippen molar-refractivity contribution in [1.29, 1.82) is 0 Å². The summed E-state index contributed by atoms with van der Waals surface area (Å²) in [5, 5.41) is 0. The Hall–Kier alpha value is -4.19. The van der Waals surface area contributed by atoms with Crippen LogP contribution in [0.15, 0.2) is 122 Å². The first kappa shape index (κ1) is 70.8. The lowest BCUT2D eigenvalue weighted by atomic mass is 10.1. The SMILES string of the molecule is CC/C=C\C/C=C\C/C=C\C/C=C\C/C=C\C/C=C\C/C=C\C/C=C\C/C=C\CCCCCC(=O)OCC(COC(=O)CCCCCCCCCC)OC(=O)CCCCCCCCC/C=C\CCCCCCCCC. The molecule has 0 fully saturated rings. The zero-order valence-electron chi connectivity index (χ0n) is 48.8. The summed E-state index contributed by atoms with van der Waals surface area (Å²) >= 11 is 0. The maximum atomic E-state index is 12.8. The molecule has 0 aliphatic rings. The number of carbonyl (C=O) groups excluding carboxylic acids is 3. The fraction of sp³-hybridized carbons (Fsp3) is 0.667. The van der Waals surface area contributed by atoms with E-state index in [4.69, 9.17) is 14.2 Å². The molecule has 6 nitrogen and oxygen atoms in total. The molecule has 0 aliphatic carbocycles. The van der Waals surface area contributed by atoms with E-state index >= 15 is 0 Å². The first-order chi connectivity index (χ1) is 37.0. The van der Waals surface area contributed by atoms with Gasteiger partial charge in [0, 0.05) is 19.3 Å². The van der Waals surface area contributed by atoms with Gasteiger partial charge in [-0.3, -0.25) is 14.4 Å². The van der Waals surface area contributed by atoms with Gasteiger partial charge in [-0.25, -0.2) is 0 Å².